The second kappa shape index (κ2) is 11.2. The molecule has 1 aliphatic rings. The number of methoxy groups -OCH3 is 1. The Hall–Kier alpha value is -4.34. The number of ether oxygens (including phenoxy) is 2. The quantitative estimate of drug-likeness (QED) is 0.183. The lowest BCUT2D eigenvalue weighted by Crippen LogP contribution is -2.51. The molecular weight excluding hydrogens is 696 g/mol. The van der Waals surface area contributed by atoms with Crippen molar-refractivity contribution in [2.45, 2.75) is 24.1 Å². The Morgan fingerprint density at radius 2 is 2.00 bits per heavy atom. The Bertz CT molecular complexity index is 2070. The van der Waals surface area contributed by atoms with Crippen molar-refractivity contribution in [2.24, 2.45) is 5.73 Å². The van der Waals surface area contributed by atoms with Gasteiger partial charge in [-0.05, 0) is 53.2 Å². The number of pyridine rings is 2. The Labute approximate surface area is 270 Å². The number of fused-ring (bicyclic) bond motifs is 3. The Morgan fingerprint density at radius 1 is 1.24 bits per heavy atom. The van der Waals surface area contributed by atoms with Crippen LogP contribution in [0.15, 0.2) is 58.5 Å². The summed E-state index contributed by atoms with van der Waals surface area (Å²) < 4.78 is 71.0. The van der Waals surface area contributed by atoms with E-state index < -0.39 is 47.1 Å². The van der Waals surface area contributed by atoms with Gasteiger partial charge in [0.2, 0.25) is 11.5 Å². The van der Waals surface area contributed by atoms with Crippen molar-refractivity contribution in [2.75, 3.05) is 20.3 Å². The highest BCUT2D eigenvalue weighted by molar-refractivity contribution is 9.10. The first-order valence-corrected chi connectivity index (χ1v) is 15.2. The van der Waals surface area contributed by atoms with Gasteiger partial charge in [0.15, 0.2) is 0 Å². The average molecular weight is 720 g/mol. The van der Waals surface area contributed by atoms with Gasteiger partial charge in [-0.25, -0.2) is 9.37 Å². The maximum Gasteiger partial charge on any atom is 0.424 e. The highest BCUT2D eigenvalue weighted by atomic mass is 79.9. The number of nitrogens with two attached hydrogens (primary N) is 1. The van der Waals surface area contributed by atoms with Gasteiger partial charge in [0.25, 0.3) is 5.91 Å². The lowest BCUT2D eigenvalue weighted by molar-refractivity contribution is -0.265. The zero-order chi connectivity index (χ0) is 33.2. The lowest BCUT2D eigenvalue weighted by atomic mass is 9.81. The van der Waals surface area contributed by atoms with E-state index in [1.807, 2.05) is 0 Å². The van der Waals surface area contributed by atoms with Gasteiger partial charge in [0.1, 0.15) is 40.5 Å². The van der Waals surface area contributed by atoms with Crippen molar-refractivity contribution in [1.29, 1.82) is 0 Å². The normalized spacial score (nSPS) is 17.4. The van der Waals surface area contributed by atoms with Crippen LogP contribution >= 0.6 is 27.3 Å². The van der Waals surface area contributed by atoms with E-state index >= 15 is 0 Å². The van der Waals surface area contributed by atoms with Crippen LogP contribution < -0.4 is 20.5 Å². The number of aliphatic hydroxyl groups is 1. The van der Waals surface area contributed by atoms with Crippen molar-refractivity contribution in [3.63, 3.8) is 0 Å². The molecule has 0 saturated carbocycles. The van der Waals surface area contributed by atoms with Crippen molar-refractivity contribution >= 4 is 60.1 Å². The van der Waals surface area contributed by atoms with E-state index in [9.17, 15) is 32.3 Å². The number of primary amides is 1. The van der Waals surface area contributed by atoms with Crippen LogP contribution in [0.3, 0.4) is 0 Å². The molecule has 4 N–H and O–H groups in total. The van der Waals surface area contributed by atoms with Crippen LogP contribution in [0.25, 0.3) is 32.2 Å². The Morgan fingerprint density at radius 3 is 2.70 bits per heavy atom. The number of benzene rings is 2. The number of amides is 2. The summed E-state index contributed by atoms with van der Waals surface area (Å²) in [5.41, 5.74) is -0.206. The first-order valence-electron chi connectivity index (χ1n) is 13.5. The third-order valence-corrected chi connectivity index (χ3v) is 9.46. The van der Waals surface area contributed by atoms with Gasteiger partial charge in [-0.1, -0.05) is 12.1 Å². The molecular formula is C31H23BrF4N4O5S. The smallest absolute Gasteiger partial charge is 0.424 e. The Kier molecular flexibility index (Phi) is 7.68. The number of nitrogens with zero attached hydrogens (tertiary/aromatic N) is 2. The predicted octanol–water partition coefficient (Wildman–Crippen LogP) is 5.74. The minimum Gasteiger partial charge on any atom is -0.494 e. The first kappa shape index (κ1) is 31.6. The third-order valence-electron chi connectivity index (χ3n) is 8.02. The average Bonchev–Trinajstić information content (AvgIpc) is 3.61. The van der Waals surface area contributed by atoms with E-state index in [0.29, 0.717) is 20.8 Å². The van der Waals surface area contributed by atoms with E-state index in [0.717, 1.165) is 17.4 Å². The maximum atomic E-state index is 14.9. The van der Waals surface area contributed by atoms with Gasteiger partial charge in [0.05, 0.1) is 24.0 Å². The standard InChI is InChI=1S/C31H23BrF4N4O5S/c1-29(28(37)42)13-45-25-19(29)9-22(40-24(25)18-11-46-26-17(18)4-3-5-20(26)33)30(43,31(34,35)36)12-39-27(41)15-6-14-7-16(32)10-38-23(14)21(8-15)44-2/h3-11,43H,12-13H2,1-2H3,(H2,37,42)(H,39,41)/t29-,30-/m0/s1. The summed E-state index contributed by atoms with van der Waals surface area (Å²) in [6.07, 6.45) is -3.85. The third kappa shape index (κ3) is 5.02. The van der Waals surface area contributed by atoms with Crippen LogP contribution in [0.4, 0.5) is 17.6 Å². The molecule has 3 aromatic heterocycles. The number of hydrogen-bond donors (Lipinski definition) is 3. The fraction of sp³-hybridized carbons (Fsp3) is 0.226. The molecule has 4 heterocycles. The van der Waals surface area contributed by atoms with E-state index in [1.54, 1.807) is 12.1 Å². The zero-order valence-corrected chi connectivity index (χ0v) is 26.4. The molecule has 0 saturated heterocycles. The van der Waals surface area contributed by atoms with Gasteiger partial charge in [-0.2, -0.15) is 13.2 Å². The van der Waals surface area contributed by atoms with Crippen molar-refractivity contribution in [3.05, 3.63) is 81.2 Å². The molecule has 1 aliphatic heterocycles. The number of nitrogens with one attached hydrogen (secondary N) is 1. The molecule has 2 aromatic carbocycles. The first-order chi connectivity index (χ1) is 21.7. The monoisotopic (exact) mass is 718 g/mol. The molecule has 9 nitrogen and oxygen atoms in total. The van der Waals surface area contributed by atoms with Crippen molar-refractivity contribution in [3.8, 4) is 22.8 Å². The number of aromatic nitrogens is 2. The molecule has 238 valence electrons. The highest BCUT2D eigenvalue weighted by Crippen LogP contribution is 2.49. The predicted molar refractivity (Wildman–Crippen MR) is 165 cm³/mol. The summed E-state index contributed by atoms with van der Waals surface area (Å²) in [5, 5.41) is 15.9. The van der Waals surface area contributed by atoms with Crippen LogP contribution in [0.5, 0.6) is 11.5 Å². The number of rotatable bonds is 7. The van der Waals surface area contributed by atoms with Crippen molar-refractivity contribution < 1.29 is 41.7 Å². The number of thiophene rings is 1. The molecule has 6 rings (SSSR count). The van der Waals surface area contributed by atoms with Gasteiger partial charge in [-0.15, -0.1) is 11.3 Å². The fourth-order valence-corrected chi connectivity index (χ4v) is 6.62. The van der Waals surface area contributed by atoms with Crippen LogP contribution in [-0.4, -0.2) is 53.3 Å². The van der Waals surface area contributed by atoms with Crippen LogP contribution in [0.2, 0.25) is 0 Å². The van der Waals surface area contributed by atoms with Crippen LogP contribution in [-0.2, 0) is 15.8 Å². The minimum atomic E-state index is -5.37. The largest absolute Gasteiger partial charge is 0.494 e. The van der Waals surface area contributed by atoms with E-state index in [1.165, 1.54) is 49.9 Å². The lowest BCUT2D eigenvalue weighted by Gasteiger charge is -2.31. The van der Waals surface area contributed by atoms with Gasteiger partial charge in [0, 0.05) is 43.5 Å². The number of carbonyl (C=O) groups excluding carboxylic acids is 2. The molecule has 2 amide bonds. The van der Waals surface area contributed by atoms with E-state index in [-0.39, 0.29) is 45.2 Å². The summed E-state index contributed by atoms with van der Waals surface area (Å²) in [6.45, 7) is -0.262. The Balaban J connectivity index is 1.47. The number of carbonyl (C=O) groups is 2. The maximum absolute atomic E-state index is 14.9. The summed E-state index contributed by atoms with van der Waals surface area (Å²) in [6, 6.07) is 9.53. The van der Waals surface area contributed by atoms with Crippen molar-refractivity contribution in [1.82, 2.24) is 15.3 Å². The number of halogens is 5. The topological polar surface area (TPSA) is 137 Å². The molecule has 0 fully saturated rings. The van der Waals surface area contributed by atoms with Gasteiger partial charge in [-0.3, -0.25) is 14.6 Å². The summed E-state index contributed by atoms with van der Waals surface area (Å²) >= 11 is 4.30. The second-order valence-electron chi connectivity index (χ2n) is 10.9. The highest BCUT2D eigenvalue weighted by Gasteiger charge is 2.57. The molecule has 0 unspecified atom stereocenters. The number of hydrogen-bond acceptors (Lipinski definition) is 8. The summed E-state index contributed by atoms with van der Waals surface area (Å²) in [5.74, 6) is -2.20. The molecule has 0 radical (unpaired) electrons. The van der Waals surface area contributed by atoms with E-state index in [4.69, 9.17) is 15.2 Å². The van der Waals surface area contributed by atoms with Gasteiger partial charge < -0.3 is 25.6 Å². The zero-order valence-electron chi connectivity index (χ0n) is 24.0. The molecule has 15 heteroatoms. The van der Waals surface area contributed by atoms with Crippen LogP contribution in [0.1, 0.15) is 28.5 Å². The molecule has 5 aromatic rings. The summed E-state index contributed by atoms with van der Waals surface area (Å²) in [4.78, 5) is 34.3. The van der Waals surface area contributed by atoms with Crippen LogP contribution in [0, 0.1) is 5.82 Å². The molecule has 2 atom stereocenters. The summed E-state index contributed by atoms with van der Waals surface area (Å²) in [7, 11) is 1.36. The van der Waals surface area contributed by atoms with Gasteiger partial charge >= 0.3 is 6.18 Å². The second-order valence-corrected chi connectivity index (χ2v) is 12.7. The number of alkyl halides is 3. The molecule has 46 heavy (non-hydrogen) atoms. The molecule has 0 aliphatic carbocycles. The molecule has 0 bridgehead atoms. The fourth-order valence-electron chi connectivity index (χ4n) is 5.31. The SMILES string of the molecule is COc1cc(C(=O)NC[C@](O)(c2cc3c(c(-c4csc5c(F)cccc45)n2)OC[C@]3(C)C(N)=O)C(F)(F)F)cc2cc(Br)cnc12. The van der Waals surface area contributed by atoms with E-state index in [2.05, 4.69) is 31.2 Å². The minimum absolute atomic E-state index is 0.0226. The molecule has 0 spiro atoms.